The fourth-order valence-corrected chi connectivity index (χ4v) is 3.74. The van der Waals surface area contributed by atoms with Gasteiger partial charge in [-0.2, -0.15) is 0 Å². The fraction of sp³-hybridized carbons (Fsp3) is 0.600. The molecule has 0 saturated carbocycles. The quantitative estimate of drug-likeness (QED) is 0.833. The molecule has 2 aliphatic heterocycles. The average Bonchev–Trinajstić information content (AvgIpc) is 2.42. The lowest BCUT2D eigenvalue weighted by molar-refractivity contribution is -0.0366. The van der Waals surface area contributed by atoms with Crippen LogP contribution >= 0.6 is 15.9 Å². The van der Waals surface area contributed by atoms with E-state index in [9.17, 15) is 0 Å². The number of rotatable bonds is 1. The molecule has 3 rings (SSSR count). The van der Waals surface area contributed by atoms with Crippen LogP contribution in [0.2, 0.25) is 0 Å². The van der Waals surface area contributed by atoms with Crippen molar-refractivity contribution in [2.24, 2.45) is 5.92 Å². The molecule has 1 saturated heterocycles. The van der Waals surface area contributed by atoms with Gasteiger partial charge in [-0.25, -0.2) is 0 Å². The van der Waals surface area contributed by atoms with E-state index in [0.717, 1.165) is 36.2 Å². The number of ether oxygens (including phenoxy) is 1. The van der Waals surface area contributed by atoms with Gasteiger partial charge in [0, 0.05) is 35.0 Å². The largest absolute Gasteiger partial charge is 0.486 e. The normalized spacial score (nSPS) is 33.8. The number of nitrogens with one attached hydrogen (secondary N) is 2. The van der Waals surface area contributed by atoms with E-state index in [4.69, 9.17) is 4.74 Å². The molecule has 3 unspecified atom stereocenters. The first-order chi connectivity index (χ1) is 9.14. The Labute approximate surface area is 123 Å². The van der Waals surface area contributed by atoms with Crippen molar-refractivity contribution in [3.05, 3.63) is 28.2 Å². The molecule has 3 atom stereocenters. The fourth-order valence-electron chi connectivity index (χ4n) is 3.36. The van der Waals surface area contributed by atoms with Gasteiger partial charge in [-0.3, -0.25) is 0 Å². The maximum absolute atomic E-state index is 6.46. The van der Waals surface area contributed by atoms with Crippen molar-refractivity contribution in [1.29, 1.82) is 0 Å². The first kappa shape index (κ1) is 13.4. The molecule has 4 heteroatoms. The van der Waals surface area contributed by atoms with Crippen LogP contribution < -0.4 is 15.4 Å². The van der Waals surface area contributed by atoms with Gasteiger partial charge in [0.2, 0.25) is 0 Å². The van der Waals surface area contributed by atoms with E-state index >= 15 is 0 Å². The highest BCUT2D eigenvalue weighted by Gasteiger charge is 2.45. The number of piperidine rings is 1. The summed E-state index contributed by atoms with van der Waals surface area (Å²) in [7, 11) is 2.04. The SMILES string of the molecule is CNC1CC2(CCNCC2C)Oc2ccc(Br)cc21. The maximum atomic E-state index is 6.46. The average molecular weight is 325 g/mol. The Bertz CT molecular complexity index is 479. The van der Waals surface area contributed by atoms with Gasteiger partial charge < -0.3 is 15.4 Å². The second kappa shape index (κ2) is 5.08. The van der Waals surface area contributed by atoms with Crippen molar-refractivity contribution in [3.63, 3.8) is 0 Å². The third kappa shape index (κ3) is 2.30. The van der Waals surface area contributed by atoms with Crippen LogP contribution in [0.5, 0.6) is 5.75 Å². The van der Waals surface area contributed by atoms with Crippen molar-refractivity contribution in [1.82, 2.24) is 10.6 Å². The lowest BCUT2D eigenvalue weighted by Crippen LogP contribution is -2.56. The summed E-state index contributed by atoms with van der Waals surface area (Å²) < 4.78 is 7.57. The molecule has 1 spiro atoms. The number of hydrogen-bond acceptors (Lipinski definition) is 3. The molecule has 3 nitrogen and oxygen atoms in total. The van der Waals surface area contributed by atoms with Gasteiger partial charge >= 0.3 is 0 Å². The van der Waals surface area contributed by atoms with E-state index in [-0.39, 0.29) is 5.60 Å². The van der Waals surface area contributed by atoms with Crippen LogP contribution in [0.1, 0.15) is 31.4 Å². The zero-order valence-electron chi connectivity index (χ0n) is 11.5. The highest BCUT2D eigenvalue weighted by molar-refractivity contribution is 9.10. The Hall–Kier alpha value is -0.580. The van der Waals surface area contributed by atoms with Crippen LogP contribution in [0.4, 0.5) is 0 Å². The summed E-state index contributed by atoms with van der Waals surface area (Å²) >= 11 is 3.55. The standard InChI is InChI=1S/C15H21BrN2O/c1-10-9-18-6-5-15(10)8-13(17-2)12-7-11(16)3-4-14(12)19-15/h3-4,7,10,13,17-18H,5-6,8-9H2,1-2H3. The van der Waals surface area contributed by atoms with Gasteiger partial charge in [0.05, 0.1) is 0 Å². The number of benzene rings is 1. The molecule has 1 aromatic rings. The first-order valence-electron chi connectivity index (χ1n) is 7.01. The summed E-state index contributed by atoms with van der Waals surface area (Å²) in [5.74, 6) is 1.58. The third-order valence-electron chi connectivity index (χ3n) is 4.63. The van der Waals surface area contributed by atoms with E-state index in [1.165, 1.54) is 5.56 Å². The van der Waals surface area contributed by atoms with Crippen LogP contribution in [0.3, 0.4) is 0 Å². The highest BCUT2D eigenvalue weighted by Crippen LogP contribution is 2.45. The van der Waals surface area contributed by atoms with Crippen molar-refractivity contribution in [3.8, 4) is 5.75 Å². The molecule has 104 valence electrons. The van der Waals surface area contributed by atoms with Crippen LogP contribution in [-0.2, 0) is 0 Å². The van der Waals surface area contributed by atoms with E-state index < -0.39 is 0 Å². The summed E-state index contributed by atoms with van der Waals surface area (Å²) in [6.45, 7) is 4.39. The van der Waals surface area contributed by atoms with E-state index in [1.807, 2.05) is 7.05 Å². The van der Waals surface area contributed by atoms with Gasteiger partial charge in [0.1, 0.15) is 11.4 Å². The van der Waals surface area contributed by atoms with Crippen molar-refractivity contribution in [2.45, 2.75) is 31.4 Å². The molecular formula is C15H21BrN2O. The third-order valence-corrected chi connectivity index (χ3v) is 5.13. The van der Waals surface area contributed by atoms with Gasteiger partial charge in [0.25, 0.3) is 0 Å². The van der Waals surface area contributed by atoms with Crippen LogP contribution in [-0.4, -0.2) is 25.7 Å². The summed E-state index contributed by atoms with van der Waals surface area (Å²) in [5.41, 5.74) is 1.26. The van der Waals surface area contributed by atoms with Gasteiger partial charge in [0.15, 0.2) is 0 Å². The maximum Gasteiger partial charge on any atom is 0.125 e. The zero-order valence-corrected chi connectivity index (χ0v) is 13.1. The zero-order chi connectivity index (χ0) is 13.5. The van der Waals surface area contributed by atoms with E-state index in [0.29, 0.717) is 12.0 Å². The Morgan fingerprint density at radius 1 is 1.47 bits per heavy atom. The predicted molar refractivity (Wildman–Crippen MR) is 80.6 cm³/mol. The van der Waals surface area contributed by atoms with Gasteiger partial charge in [-0.1, -0.05) is 22.9 Å². The Morgan fingerprint density at radius 3 is 3.05 bits per heavy atom. The molecule has 2 aliphatic rings. The van der Waals surface area contributed by atoms with Gasteiger partial charge in [-0.15, -0.1) is 0 Å². The second-order valence-electron chi connectivity index (χ2n) is 5.75. The minimum atomic E-state index is -0.0141. The Kier molecular flexibility index (Phi) is 3.58. The lowest BCUT2D eigenvalue weighted by atomic mass is 9.75. The monoisotopic (exact) mass is 324 g/mol. The van der Waals surface area contributed by atoms with Crippen molar-refractivity contribution in [2.75, 3.05) is 20.1 Å². The summed E-state index contributed by atoms with van der Waals surface area (Å²) in [4.78, 5) is 0. The van der Waals surface area contributed by atoms with E-state index in [2.05, 4.69) is 51.7 Å². The molecule has 0 bridgehead atoms. The van der Waals surface area contributed by atoms with Crippen molar-refractivity contribution < 1.29 is 4.74 Å². The number of fused-ring (bicyclic) bond motifs is 1. The molecule has 1 fully saturated rings. The highest BCUT2D eigenvalue weighted by atomic mass is 79.9. The van der Waals surface area contributed by atoms with Gasteiger partial charge in [-0.05, 0) is 38.2 Å². The molecule has 2 N–H and O–H groups in total. The molecular weight excluding hydrogens is 304 g/mol. The van der Waals surface area contributed by atoms with E-state index in [1.54, 1.807) is 0 Å². The molecule has 0 amide bonds. The van der Waals surface area contributed by atoms with Crippen LogP contribution in [0.25, 0.3) is 0 Å². The molecule has 0 aromatic heterocycles. The Morgan fingerprint density at radius 2 is 2.32 bits per heavy atom. The smallest absolute Gasteiger partial charge is 0.125 e. The van der Waals surface area contributed by atoms with Crippen LogP contribution in [0.15, 0.2) is 22.7 Å². The first-order valence-corrected chi connectivity index (χ1v) is 7.80. The molecule has 0 aliphatic carbocycles. The van der Waals surface area contributed by atoms with Crippen molar-refractivity contribution >= 4 is 15.9 Å². The summed E-state index contributed by atoms with van der Waals surface area (Å²) in [6, 6.07) is 6.71. The molecule has 2 heterocycles. The minimum absolute atomic E-state index is 0.0141. The summed E-state index contributed by atoms with van der Waals surface area (Å²) in [5, 5.41) is 6.92. The molecule has 1 aromatic carbocycles. The molecule has 19 heavy (non-hydrogen) atoms. The summed E-state index contributed by atoms with van der Waals surface area (Å²) in [6.07, 6.45) is 2.14. The predicted octanol–water partition coefficient (Wildman–Crippen LogP) is 2.86. The minimum Gasteiger partial charge on any atom is -0.486 e. The topological polar surface area (TPSA) is 33.3 Å². The van der Waals surface area contributed by atoms with Crippen LogP contribution in [0, 0.1) is 5.92 Å². The number of hydrogen-bond donors (Lipinski definition) is 2. The number of halogens is 1. The molecule has 0 radical (unpaired) electrons. The lowest BCUT2D eigenvalue weighted by Gasteiger charge is -2.48. The Balaban J connectivity index is 1.99. The second-order valence-corrected chi connectivity index (χ2v) is 6.67.